The molecule has 2 N–H and O–H groups in total. The Balaban J connectivity index is 1.77. The Morgan fingerprint density at radius 1 is 1.32 bits per heavy atom. The van der Waals surface area contributed by atoms with Crippen molar-refractivity contribution in [3.05, 3.63) is 35.4 Å². The number of carbonyl (C=O) groups excluding carboxylic acids is 1. The fourth-order valence-electron chi connectivity index (χ4n) is 3.06. The second kappa shape index (κ2) is 4.07. The zero-order valence-corrected chi connectivity index (χ0v) is 11.9. The molecular formula is C16H22N2O. The van der Waals surface area contributed by atoms with E-state index in [1.807, 2.05) is 6.07 Å². The van der Waals surface area contributed by atoms with E-state index in [-0.39, 0.29) is 22.9 Å². The molecule has 3 heteroatoms. The maximum absolute atomic E-state index is 12.4. The van der Waals surface area contributed by atoms with Gasteiger partial charge in [0, 0.05) is 12.0 Å². The van der Waals surface area contributed by atoms with E-state index < -0.39 is 0 Å². The molecule has 1 heterocycles. The Bertz CT molecular complexity index is 517. The number of amides is 1. The average molecular weight is 258 g/mol. The molecule has 1 aromatic carbocycles. The molecule has 1 saturated carbocycles. The number of rotatable bonds is 3. The molecule has 1 aliphatic carbocycles. The SMILES string of the molecule is Cc1ccccc1C1(NC(=O)C2NCC2(C)C)CC1. The maximum atomic E-state index is 12.4. The van der Waals surface area contributed by atoms with E-state index in [0.29, 0.717) is 0 Å². The third kappa shape index (κ3) is 2.06. The van der Waals surface area contributed by atoms with E-state index in [2.05, 4.69) is 49.6 Å². The van der Waals surface area contributed by atoms with Gasteiger partial charge in [0.1, 0.15) is 0 Å². The lowest BCUT2D eigenvalue weighted by Gasteiger charge is -2.44. The van der Waals surface area contributed by atoms with Crippen LogP contribution in [0.15, 0.2) is 24.3 Å². The first kappa shape index (κ1) is 12.7. The van der Waals surface area contributed by atoms with Crippen molar-refractivity contribution in [1.82, 2.24) is 10.6 Å². The summed E-state index contributed by atoms with van der Waals surface area (Å²) in [5.41, 5.74) is 2.52. The summed E-state index contributed by atoms with van der Waals surface area (Å²) in [6.45, 7) is 7.32. The van der Waals surface area contributed by atoms with Gasteiger partial charge in [-0.05, 0) is 30.9 Å². The van der Waals surface area contributed by atoms with E-state index in [4.69, 9.17) is 0 Å². The van der Waals surface area contributed by atoms with Crippen molar-refractivity contribution >= 4 is 5.91 Å². The van der Waals surface area contributed by atoms with Crippen LogP contribution in [-0.2, 0) is 10.3 Å². The fourth-order valence-corrected chi connectivity index (χ4v) is 3.06. The van der Waals surface area contributed by atoms with Gasteiger partial charge in [-0.25, -0.2) is 0 Å². The van der Waals surface area contributed by atoms with Crippen molar-refractivity contribution < 1.29 is 4.79 Å². The van der Waals surface area contributed by atoms with Gasteiger partial charge in [-0.1, -0.05) is 38.1 Å². The highest BCUT2D eigenvalue weighted by Crippen LogP contribution is 2.47. The summed E-state index contributed by atoms with van der Waals surface area (Å²) >= 11 is 0. The first-order valence-electron chi connectivity index (χ1n) is 7.06. The molecule has 2 fully saturated rings. The van der Waals surface area contributed by atoms with Crippen LogP contribution in [0.1, 0.15) is 37.8 Å². The van der Waals surface area contributed by atoms with Crippen molar-refractivity contribution in [2.75, 3.05) is 6.54 Å². The topological polar surface area (TPSA) is 41.1 Å². The van der Waals surface area contributed by atoms with Crippen LogP contribution in [0.5, 0.6) is 0 Å². The smallest absolute Gasteiger partial charge is 0.238 e. The predicted molar refractivity (Wildman–Crippen MR) is 75.8 cm³/mol. The lowest BCUT2D eigenvalue weighted by Crippen LogP contribution is -2.66. The number of aryl methyl sites for hydroxylation is 1. The molecule has 0 radical (unpaired) electrons. The average Bonchev–Trinajstić information content (AvgIpc) is 3.09. The third-order valence-electron chi connectivity index (χ3n) is 4.58. The zero-order chi connectivity index (χ0) is 13.7. The maximum Gasteiger partial charge on any atom is 0.238 e. The van der Waals surface area contributed by atoms with E-state index in [0.717, 1.165) is 19.4 Å². The Morgan fingerprint density at radius 3 is 2.47 bits per heavy atom. The Kier molecular flexibility index (Phi) is 2.72. The highest BCUT2D eigenvalue weighted by Gasteiger charge is 2.50. The minimum atomic E-state index is -0.101. The van der Waals surface area contributed by atoms with Crippen LogP contribution in [0.2, 0.25) is 0 Å². The highest BCUT2D eigenvalue weighted by atomic mass is 16.2. The van der Waals surface area contributed by atoms with Crippen molar-refractivity contribution in [3.63, 3.8) is 0 Å². The van der Waals surface area contributed by atoms with Gasteiger partial charge in [-0.15, -0.1) is 0 Å². The lowest BCUT2D eigenvalue weighted by molar-refractivity contribution is -0.130. The molecule has 0 bridgehead atoms. The summed E-state index contributed by atoms with van der Waals surface area (Å²) in [6, 6.07) is 8.32. The van der Waals surface area contributed by atoms with Gasteiger partial charge in [0.2, 0.25) is 5.91 Å². The van der Waals surface area contributed by atoms with Gasteiger partial charge in [0.05, 0.1) is 11.6 Å². The van der Waals surface area contributed by atoms with Gasteiger partial charge in [-0.3, -0.25) is 4.79 Å². The third-order valence-corrected chi connectivity index (χ3v) is 4.58. The summed E-state index contributed by atoms with van der Waals surface area (Å²) in [4.78, 5) is 12.4. The number of hydrogen-bond acceptors (Lipinski definition) is 2. The minimum Gasteiger partial charge on any atom is -0.345 e. The number of nitrogens with one attached hydrogen (secondary N) is 2. The molecular weight excluding hydrogens is 236 g/mol. The number of hydrogen-bond donors (Lipinski definition) is 2. The first-order chi connectivity index (χ1) is 8.95. The number of benzene rings is 1. The molecule has 1 aromatic rings. The van der Waals surface area contributed by atoms with E-state index >= 15 is 0 Å². The molecule has 1 saturated heterocycles. The Morgan fingerprint density at radius 2 is 2.00 bits per heavy atom. The van der Waals surface area contributed by atoms with Crippen LogP contribution in [0, 0.1) is 12.3 Å². The first-order valence-corrected chi connectivity index (χ1v) is 7.06. The largest absolute Gasteiger partial charge is 0.345 e. The second-order valence-electron chi connectivity index (χ2n) is 6.69. The van der Waals surface area contributed by atoms with Crippen molar-refractivity contribution in [1.29, 1.82) is 0 Å². The normalized spacial score (nSPS) is 26.4. The van der Waals surface area contributed by atoms with Crippen LogP contribution >= 0.6 is 0 Å². The van der Waals surface area contributed by atoms with Gasteiger partial charge >= 0.3 is 0 Å². The fraction of sp³-hybridized carbons (Fsp3) is 0.562. The minimum absolute atomic E-state index is 0.0472. The van der Waals surface area contributed by atoms with Gasteiger partial charge in [0.25, 0.3) is 0 Å². The summed E-state index contributed by atoms with van der Waals surface area (Å²) < 4.78 is 0. The molecule has 102 valence electrons. The molecule has 1 aliphatic heterocycles. The number of carbonyl (C=O) groups is 1. The molecule has 0 spiro atoms. The van der Waals surface area contributed by atoms with Crippen molar-refractivity contribution in [2.24, 2.45) is 5.41 Å². The van der Waals surface area contributed by atoms with Crippen LogP contribution in [-0.4, -0.2) is 18.5 Å². The van der Waals surface area contributed by atoms with Crippen LogP contribution in [0.4, 0.5) is 0 Å². The Hall–Kier alpha value is -1.35. The van der Waals surface area contributed by atoms with Crippen LogP contribution in [0.3, 0.4) is 0 Å². The van der Waals surface area contributed by atoms with Gasteiger partial charge in [0.15, 0.2) is 0 Å². The zero-order valence-electron chi connectivity index (χ0n) is 11.9. The van der Waals surface area contributed by atoms with Crippen molar-refractivity contribution in [3.8, 4) is 0 Å². The predicted octanol–water partition coefficient (Wildman–Crippen LogP) is 2.10. The van der Waals surface area contributed by atoms with Gasteiger partial charge < -0.3 is 10.6 Å². The molecule has 19 heavy (non-hydrogen) atoms. The van der Waals surface area contributed by atoms with Crippen LogP contribution < -0.4 is 10.6 Å². The summed E-state index contributed by atoms with van der Waals surface area (Å²) in [5.74, 6) is 0.150. The van der Waals surface area contributed by atoms with Crippen molar-refractivity contribution in [2.45, 2.75) is 45.2 Å². The summed E-state index contributed by atoms with van der Waals surface area (Å²) in [5, 5.41) is 6.52. The van der Waals surface area contributed by atoms with E-state index in [9.17, 15) is 4.79 Å². The second-order valence-corrected chi connectivity index (χ2v) is 6.69. The molecule has 3 nitrogen and oxygen atoms in total. The molecule has 0 aromatic heterocycles. The summed E-state index contributed by atoms with van der Waals surface area (Å²) in [6.07, 6.45) is 2.10. The highest BCUT2D eigenvalue weighted by molar-refractivity contribution is 5.85. The molecule has 3 rings (SSSR count). The molecule has 1 atom stereocenters. The van der Waals surface area contributed by atoms with Crippen LogP contribution in [0.25, 0.3) is 0 Å². The summed E-state index contributed by atoms with van der Waals surface area (Å²) in [7, 11) is 0. The Labute approximate surface area is 114 Å². The van der Waals surface area contributed by atoms with E-state index in [1.165, 1.54) is 11.1 Å². The monoisotopic (exact) mass is 258 g/mol. The van der Waals surface area contributed by atoms with Gasteiger partial charge in [-0.2, -0.15) is 0 Å². The standard InChI is InChI=1S/C16H22N2O/c1-11-6-4-5-7-12(11)16(8-9-16)18-14(19)13-15(2,3)10-17-13/h4-7,13,17H,8-10H2,1-3H3,(H,18,19). The molecule has 2 aliphatic rings. The molecule has 1 unspecified atom stereocenters. The quantitative estimate of drug-likeness (QED) is 0.871. The molecule has 1 amide bonds. The van der Waals surface area contributed by atoms with E-state index in [1.54, 1.807) is 0 Å². The lowest BCUT2D eigenvalue weighted by atomic mass is 9.76.